The quantitative estimate of drug-likeness (QED) is 0.639. The number of benzene rings is 1. The van der Waals surface area contributed by atoms with E-state index in [1.54, 1.807) is 12.1 Å². The lowest BCUT2D eigenvalue weighted by Crippen LogP contribution is -2.36. The molecular formula is C20H26N4O2. The third kappa shape index (κ3) is 3.11. The van der Waals surface area contributed by atoms with Crippen LogP contribution in [0.5, 0.6) is 0 Å². The summed E-state index contributed by atoms with van der Waals surface area (Å²) in [5, 5.41) is 0.568. The van der Waals surface area contributed by atoms with E-state index in [4.69, 9.17) is 0 Å². The molecule has 1 amide bonds. The molecule has 6 heteroatoms. The van der Waals surface area contributed by atoms with E-state index in [0.717, 1.165) is 0 Å². The molecule has 1 aliphatic rings. The molecule has 0 bridgehead atoms. The molecule has 2 aromatic rings. The first-order valence-electron chi connectivity index (χ1n) is 8.97. The molecular weight excluding hydrogens is 328 g/mol. The maximum absolute atomic E-state index is 12.6. The number of fused-ring (bicyclic) bond motifs is 1. The molecule has 2 N–H and O–H groups in total. The minimum Gasteiger partial charge on any atom is -0.277 e. The van der Waals surface area contributed by atoms with Gasteiger partial charge in [0.05, 0.1) is 16.8 Å². The fraction of sp³-hybridized carbons (Fsp3) is 0.450. The highest BCUT2D eigenvalue weighted by molar-refractivity contribution is 5.85. The van der Waals surface area contributed by atoms with Gasteiger partial charge >= 0.3 is 0 Å². The number of carbonyl (C=O) groups is 1. The number of aromatic nitrogens is 2. The highest BCUT2D eigenvalue weighted by atomic mass is 16.2. The Labute approximate surface area is 153 Å². The second-order valence-electron chi connectivity index (χ2n) is 7.69. The maximum Gasteiger partial charge on any atom is 0.262 e. The van der Waals surface area contributed by atoms with Gasteiger partial charge in [-0.3, -0.25) is 25.0 Å². The van der Waals surface area contributed by atoms with Crippen molar-refractivity contribution in [2.45, 2.75) is 41.2 Å². The summed E-state index contributed by atoms with van der Waals surface area (Å²) in [4.78, 5) is 29.7. The number of rotatable bonds is 5. The van der Waals surface area contributed by atoms with Crippen LogP contribution < -0.4 is 16.4 Å². The monoisotopic (exact) mass is 354 g/mol. The van der Waals surface area contributed by atoms with Gasteiger partial charge in [0.25, 0.3) is 5.56 Å². The van der Waals surface area contributed by atoms with Crippen LogP contribution >= 0.6 is 0 Å². The normalized spacial score (nSPS) is 20.5. The largest absolute Gasteiger partial charge is 0.277 e. The first kappa shape index (κ1) is 18.2. The topological polar surface area (TPSA) is 76.0 Å². The molecule has 3 rings (SSSR count). The minimum absolute atomic E-state index is 0.0652. The summed E-state index contributed by atoms with van der Waals surface area (Å²) in [5.41, 5.74) is 7.24. The molecule has 0 unspecified atom stereocenters. The number of hydrogen-bond donors (Lipinski definition) is 2. The Bertz CT molecular complexity index is 938. The molecule has 1 fully saturated rings. The van der Waals surface area contributed by atoms with Crippen molar-refractivity contribution in [3.8, 4) is 0 Å². The standard InChI is InChI=1S/C20H26N4O2/c1-6-24-18(26)13-9-7-8-10-15(13)21-19(24)23-22-17(25)16-14(11-12(2)3)20(16,4)5/h7-11,14,16H,6H2,1-5H3,(H,21,23)(H,22,25)/t14-,16-/m1/s1. The van der Waals surface area contributed by atoms with Crippen LogP contribution in [0.15, 0.2) is 40.7 Å². The molecule has 138 valence electrons. The van der Waals surface area contributed by atoms with Gasteiger partial charge in [-0.2, -0.15) is 0 Å². The fourth-order valence-electron chi connectivity index (χ4n) is 3.60. The summed E-state index contributed by atoms with van der Waals surface area (Å²) >= 11 is 0. The van der Waals surface area contributed by atoms with Crippen LogP contribution in [-0.4, -0.2) is 15.5 Å². The number of para-hydroxylation sites is 1. The van der Waals surface area contributed by atoms with Crippen molar-refractivity contribution in [2.24, 2.45) is 17.3 Å². The summed E-state index contributed by atoms with van der Waals surface area (Å²) in [6.07, 6.45) is 2.15. The molecule has 1 heterocycles. The van der Waals surface area contributed by atoms with E-state index >= 15 is 0 Å². The lowest BCUT2D eigenvalue weighted by atomic mass is 10.1. The lowest BCUT2D eigenvalue weighted by Gasteiger charge is -2.14. The Morgan fingerprint density at radius 3 is 2.65 bits per heavy atom. The number of anilines is 1. The summed E-state index contributed by atoms with van der Waals surface area (Å²) in [6, 6.07) is 7.21. The average Bonchev–Trinajstić information content (AvgIpc) is 3.12. The first-order chi connectivity index (χ1) is 12.3. The number of hydrazine groups is 1. The van der Waals surface area contributed by atoms with E-state index in [1.807, 2.05) is 32.9 Å². The third-order valence-electron chi connectivity index (χ3n) is 5.18. The molecule has 6 nitrogen and oxygen atoms in total. The van der Waals surface area contributed by atoms with E-state index in [0.29, 0.717) is 23.4 Å². The number of nitrogens with zero attached hydrogens (tertiary/aromatic N) is 2. The van der Waals surface area contributed by atoms with E-state index in [1.165, 1.54) is 10.1 Å². The van der Waals surface area contributed by atoms with Crippen molar-refractivity contribution in [1.29, 1.82) is 0 Å². The number of hydrogen-bond acceptors (Lipinski definition) is 4. The molecule has 0 saturated heterocycles. The SMILES string of the molecule is CCn1c(NNC(=O)[C@H]2[C@@H](C=C(C)C)C2(C)C)nc2ccccc2c1=O. The van der Waals surface area contributed by atoms with E-state index in [2.05, 4.69) is 35.8 Å². The van der Waals surface area contributed by atoms with Crippen LogP contribution in [0.4, 0.5) is 5.95 Å². The van der Waals surface area contributed by atoms with Gasteiger partial charge in [0, 0.05) is 6.54 Å². The highest BCUT2D eigenvalue weighted by Gasteiger charge is 2.60. The Morgan fingerprint density at radius 1 is 1.31 bits per heavy atom. The van der Waals surface area contributed by atoms with Crippen LogP contribution in [-0.2, 0) is 11.3 Å². The summed E-state index contributed by atoms with van der Waals surface area (Å²) in [5.74, 6) is 0.406. The van der Waals surface area contributed by atoms with Crippen molar-refractivity contribution in [3.05, 3.63) is 46.3 Å². The second kappa shape index (κ2) is 6.59. The molecule has 0 radical (unpaired) electrons. The van der Waals surface area contributed by atoms with Crippen molar-refractivity contribution < 1.29 is 4.79 Å². The fourth-order valence-corrected chi connectivity index (χ4v) is 3.60. The Kier molecular flexibility index (Phi) is 4.61. The minimum atomic E-state index is -0.121. The molecule has 1 aliphatic carbocycles. The van der Waals surface area contributed by atoms with E-state index in [9.17, 15) is 9.59 Å². The maximum atomic E-state index is 12.6. The van der Waals surface area contributed by atoms with Crippen molar-refractivity contribution in [1.82, 2.24) is 15.0 Å². The summed E-state index contributed by atoms with van der Waals surface area (Å²) in [7, 11) is 0. The molecule has 0 spiro atoms. The lowest BCUT2D eigenvalue weighted by molar-refractivity contribution is -0.122. The Morgan fingerprint density at radius 2 is 2.00 bits per heavy atom. The van der Waals surface area contributed by atoms with Crippen molar-refractivity contribution in [3.63, 3.8) is 0 Å². The van der Waals surface area contributed by atoms with Gasteiger partial charge in [-0.25, -0.2) is 4.98 Å². The molecule has 1 saturated carbocycles. The van der Waals surface area contributed by atoms with Gasteiger partial charge < -0.3 is 0 Å². The van der Waals surface area contributed by atoms with Crippen molar-refractivity contribution in [2.75, 3.05) is 5.43 Å². The van der Waals surface area contributed by atoms with Crippen LogP contribution in [0, 0.1) is 17.3 Å². The van der Waals surface area contributed by atoms with Crippen LogP contribution in [0.3, 0.4) is 0 Å². The second-order valence-corrected chi connectivity index (χ2v) is 7.69. The summed E-state index contributed by atoms with van der Waals surface area (Å²) < 4.78 is 1.52. The van der Waals surface area contributed by atoms with Crippen LogP contribution in [0.1, 0.15) is 34.6 Å². The van der Waals surface area contributed by atoms with Crippen LogP contribution in [0.25, 0.3) is 10.9 Å². The van der Waals surface area contributed by atoms with E-state index in [-0.39, 0.29) is 28.7 Å². The molecule has 1 aromatic heterocycles. The number of allylic oxidation sites excluding steroid dienone is 2. The van der Waals surface area contributed by atoms with Gasteiger partial charge in [0.15, 0.2) is 0 Å². The predicted molar refractivity (Wildman–Crippen MR) is 104 cm³/mol. The Balaban J connectivity index is 1.81. The summed E-state index contributed by atoms with van der Waals surface area (Å²) in [6.45, 7) is 10.6. The number of nitrogens with one attached hydrogen (secondary N) is 2. The molecule has 2 atom stereocenters. The average molecular weight is 354 g/mol. The van der Waals surface area contributed by atoms with Gasteiger partial charge in [-0.1, -0.05) is 37.6 Å². The predicted octanol–water partition coefficient (Wildman–Crippen LogP) is 3.10. The Hall–Kier alpha value is -2.63. The van der Waals surface area contributed by atoms with Gasteiger partial charge in [-0.15, -0.1) is 0 Å². The van der Waals surface area contributed by atoms with Crippen molar-refractivity contribution >= 4 is 22.8 Å². The molecule has 26 heavy (non-hydrogen) atoms. The third-order valence-corrected chi connectivity index (χ3v) is 5.18. The van der Waals surface area contributed by atoms with Gasteiger partial charge in [0.1, 0.15) is 0 Å². The zero-order valence-corrected chi connectivity index (χ0v) is 16.0. The number of carbonyl (C=O) groups excluding carboxylic acids is 1. The molecule has 1 aromatic carbocycles. The zero-order chi connectivity index (χ0) is 19.1. The zero-order valence-electron chi connectivity index (χ0n) is 16.0. The van der Waals surface area contributed by atoms with E-state index < -0.39 is 0 Å². The smallest absolute Gasteiger partial charge is 0.262 e. The highest BCUT2D eigenvalue weighted by Crippen LogP contribution is 2.59. The van der Waals surface area contributed by atoms with Crippen LogP contribution in [0.2, 0.25) is 0 Å². The van der Waals surface area contributed by atoms with Gasteiger partial charge in [0.2, 0.25) is 11.9 Å². The number of amides is 1. The first-order valence-corrected chi connectivity index (χ1v) is 8.97. The van der Waals surface area contributed by atoms with Gasteiger partial charge in [-0.05, 0) is 44.2 Å². The molecule has 0 aliphatic heterocycles.